The molecular weight excluding hydrogens is 324 g/mol. The largest absolute Gasteiger partial charge is 0.480 e. The third-order valence-electron chi connectivity index (χ3n) is 2.92. The number of aliphatic imine (C=N–C) groups is 1. The van der Waals surface area contributed by atoms with E-state index in [2.05, 4.69) is 10.3 Å². The minimum absolute atomic E-state index is 0.0816. The third-order valence-corrected chi connectivity index (χ3v) is 2.92. The molecule has 0 aliphatic heterocycles. The SMILES string of the molecule is NC(N)=NCCC[C@H](N)C(=O)N[C@@H](CO)C(=O)N[C@@H](CO)C(=O)O. The van der Waals surface area contributed by atoms with Crippen molar-refractivity contribution in [2.24, 2.45) is 22.2 Å². The molecule has 0 rings (SSSR count). The van der Waals surface area contributed by atoms with Crippen molar-refractivity contribution >= 4 is 23.7 Å². The van der Waals surface area contributed by atoms with Gasteiger partial charge in [-0.2, -0.15) is 0 Å². The van der Waals surface area contributed by atoms with Crippen molar-refractivity contribution < 1.29 is 29.7 Å². The highest BCUT2D eigenvalue weighted by atomic mass is 16.4. The van der Waals surface area contributed by atoms with Gasteiger partial charge >= 0.3 is 5.97 Å². The van der Waals surface area contributed by atoms with Crippen LogP contribution in [0.4, 0.5) is 0 Å². The van der Waals surface area contributed by atoms with Gasteiger partial charge < -0.3 is 43.2 Å². The minimum atomic E-state index is -1.54. The van der Waals surface area contributed by atoms with E-state index < -0.39 is 49.1 Å². The smallest absolute Gasteiger partial charge is 0.328 e. The zero-order valence-corrected chi connectivity index (χ0v) is 13.0. The van der Waals surface area contributed by atoms with Gasteiger partial charge in [0.15, 0.2) is 5.96 Å². The minimum Gasteiger partial charge on any atom is -0.480 e. The maximum absolute atomic E-state index is 11.9. The zero-order chi connectivity index (χ0) is 18.7. The fourth-order valence-electron chi connectivity index (χ4n) is 1.58. The van der Waals surface area contributed by atoms with Crippen molar-refractivity contribution in [3.63, 3.8) is 0 Å². The van der Waals surface area contributed by atoms with Crippen LogP contribution in [0.15, 0.2) is 4.99 Å². The van der Waals surface area contributed by atoms with E-state index in [1.54, 1.807) is 0 Å². The number of aliphatic hydroxyl groups excluding tert-OH is 2. The molecule has 0 aliphatic rings. The van der Waals surface area contributed by atoms with E-state index in [0.717, 1.165) is 0 Å². The van der Waals surface area contributed by atoms with Crippen LogP contribution in [0, 0.1) is 0 Å². The highest BCUT2D eigenvalue weighted by molar-refractivity contribution is 5.91. The molecular formula is C12H24N6O6. The number of guanidine groups is 1. The van der Waals surface area contributed by atoms with Crippen molar-refractivity contribution in [3.8, 4) is 0 Å². The Hall–Kier alpha value is -2.44. The van der Waals surface area contributed by atoms with Gasteiger partial charge in [-0.3, -0.25) is 14.6 Å². The molecule has 0 aromatic rings. The van der Waals surface area contributed by atoms with E-state index in [1.165, 1.54) is 0 Å². The summed E-state index contributed by atoms with van der Waals surface area (Å²) in [5.74, 6) is -3.20. The lowest BCUT2D eigenvalue weighted by atomic mass is 10.1. The Balaban J connectivity index is 4.47. The lowest BCUT2D eigenvalue weighted by Gasteiger charge is -2.20. The molecule has 0 heterocycles. The molecule has 12 heteroatoms. The van der Waals surface area contributed by atoms with E-state index >= 15 is 0 Å². The quantitative estimate of drug-likeness (QED) is 0.102. The second-order valence-corrected chi connectivity index (χ2v) is 4.88. The summed E-state index contributed by atoms with van der Waals surface area (Å²) in [6.45, 7) is -1.32. The first-order valence-corrected chi connectivity index (χ1v) is 7.09. The molecule has 0 aromatic carbocycles. The van der Waals surface area contributed by atoms with Gasteiger partial charge in [0.25, 0.3) is 0 Å². The maximum atomic E-state index is 11.9. The van der Waals surface area contributed by atoms with Crippen LogP contribution >= 0.6 is 0 Å². The van der Waals surface area contributed by atoms with Crippen LogP contribution in [0.5, 0.6) is 0 Å². The number of carboxylic acid groups (broad SMARTS) is 1. The molecule has 0 unspecified atom stereocenters. The normalized spacial score (nSPS) is 14.1. The monoisotopic (exact) mass is 348 g/mol. The number of nitrogens with zero attached hydrogens (tertiary/aromatic N) is 1. The molecule has 2 amide bonds. The van der Waals surface area contributed by atoms with Gasteiger partial charge in [0.05, 0.1) is 19.3 Å². The van der Waals surface area contributed by atoms with Crippen molar-refractivity contribution in [3.05, 3.63) is 0 Å². The Morgan fingerprint density at radius 1 is 1.00 bits per heavy atom. The summed E-state index contributed by atoms with van der Waals surface area (Å²) in [6, 6.07) is -3.90. The van der Waals surface area contributed by atoms with Gasteiger partial charge in [-0.15, -0.1) is 0 Å². The van der Waals surface area contributed by atoms with Crippen molar-refractivity contribution in [1.82, 2.24) is 10.6 Å². The van der Waals surface area contributed by atoms with Crippen molar-refractivity contribution in [2.75, 3.05) is 19.8 Å². The van der Waals surface area contributed by atoms with Crippen LogP contribution in [-0.4, -0.2) is 76.9 Å². The van der Waals surface area contributed by atoms with Gasteiger partial charge in [-0.25, -0.2) is 4.79 Å². The summed E-state index contributed by atoms with van der Waals surface area (Å²) in [7, 11) is 0. The fourth-order valence-corrected chi connectivity index (χ4v) is 1.58. The van der Waals surface area contributed by atoms with E-state index in [9.17, 15) is 14.4 Å². The lowest BCUT2D eigenvalue weighted by molar-refractivity contribution is -0.143. The molecule has 0 aliphatic carbocycles. The number of aliphatic carboxylic acids is 1. The molecule has 0 radical (unpaired) electrons. The van der Waals surface area contributed by atoms with Crippen LogP contribution in [0.2, 0.25) is 0 Å². The van der Waals surface area contributed by atoms with Gasteiger partial charge in [-0.05, 0) is 12.8 Å². The second kappa shape index (κ2) is 11.2. The maximum Gasteiger partial charge on any atom is 0.328 e. The average Bonchev–Trinajstić information content (AvgIpc) is 2.52. The molecule has 24 heavy (non-hydrogen) atoms. The number of carboxylic acids is 1. The van der Waals surface area contributed by atoms with Crippen molar-refractivity contribution in [2.45, 2.75) is 31.0 Å². The molecule has 3 atom stereocenters. The van der Waals surface area contributed by atoms with Gasteiger partial charge in [0.2, 0.25) is 11.8 Å². The summed E-state index contributed by atoms with van der Waals surface area (Å²) in [4.78, 5) is 38.1. The van der Waals surface area contributed by atoms with Gasteiger partial charge in [0.1, 0.15) is 12.1 Å². The summed E-state index contributed by atoms with van der Waals surface area (Å²) in [5, 5.41) is 30.9. The molecule has 11 N–H and O–H groups in total. The van der Waals surface area contributed by atoms with Crippen LogP contribution in [0.25, 0.3) is 0 Å². The molecule has 12 nitrogen and oxygen atoms in total. The molecule has 0 saturated heterocycles. The van der Waals surface area contributed by atoms with Crippen molar-refractivity contribution in [1.29, 1.82) is 0 Å². The van der Waals surface area contributed by atoms with Gasteiger partial charge in [-0.1, -0.05) is 0 Å². The molecule has 0 fully saturated rings. The van der Waals surface area contributed by atoms with E-state index in [1.807, 2.05) is 5.32 Å². The number of rotatable bonds is 11. The number of hydrogen-bond acceptors (Lipinski definition) is 7. The predicted octanol–water partition coefficient (Wildman–Crippen LogP) is -4.59. The highest BCUT2D eigenvalue weighted by Gasteiger charge is 2.26. The Morgan fingerprint density at radius 3 is 2.00 bits per heavy atom. The standard InChI is InChI=1S/C12H24N6O6/c13-6(2-1-3-16-12(14)15)9(21)17-7(4-19)10(22)18-8(5-20)11(23)24/h6-8,19-20H,1-5,13H2,(H,17,21)(H,18,22)(H,23,24)(H4,14,15,16)/t6-,7-,8-/m0/s1. The van der Waals surface area contributed by atoms with Gasteiger partial charge in [0, 0.05) is 6.54 Å². The Kier molecular flexibility index (Phi) is 10.0. The first kappa shape index (κ1) is 21.6. The van der Waals surface area contributed by atoms with E-state index in [0.29, 0.717) is 6.42 Å². The lowest BCUT2D eigenvalue weighted by Crippen LogP contribution is -2.56. The highest BCUT2D eigenvalue weighted by Crippen LogP contribution is 1.97. The third kappa shape index (κ3) is 8.26. The first-order valence-electron chi connectivity index (χ1n) is 7.09. The Labute approximate surface area is 138 Å². The number of amides is 2. The molecule has 138 valence electrons. The summed E-state index contributed by atoms with van der Waals surface area (Å²) in [6.07, 6.45) is 0.658. The number of hydrogen-bond donors (Lipinski definition) is 8. The first-order chi connectivity index (χ1) is 11.2. The fraction of sp³-hybridized carbons (Fsp3) is 0.667. The summed E-state index contributed by atoms with van der Waals surface area (Å²) < 4.78 is 0. The summed E-state index contributed by atoms with van der Waals surface area (Å²) >= 11 is 0. The van der Waals surface area contributed by atoms with E-state index in [4.69, 9.17) is 32.5 Å². The second-order valence-electron chi connectivity index (χ2n) is 4.88. The number of aliphatic hydroxyl groups is 2. The predicted molar refractivity (Wildman–Crippen MR) is 83.6 cm³/mol. The number of carbonyl (C=O) groups excluding carboxylic acids is 2. The van der Waals surface area contributed by atoms with E-state index in [-0.39, 0.29) is 18.9 Å². The zero-order valence-electron chi connectivity index (χ0n) is 13.0. The van der Waals surface area contributed by atoms with Crippen LogP contribution in [0.3, 0.4) is 0 Å². The molecule has 0 saturated carbocycles. The molecule has 0 aromatic heterocycles. The van der Waals surface area contributed by atoms with Crippen LogP contribution in [0.1, 0.15) is 12.8 Å². The molecule has 0 spiro atoms. The topological polar surface area (TPSA) is 226 Å². The average molecular weight is 348 g/mol. The Bertz CT molecular complexity index is 467. The van der Waals surface area contributed by atoms with Crippen LogP contribution in [-0.2, 0) is 14.4 Å². The molecule has 0 bridgehead atoms. The Morgan fingerprint density at radius 2 is 1.54 bits per heavy atom. The summed E-state index contributed by atoms with van der Waals surface area (Å²) in [5.41, 5.74) is 15.9. The van der Waals surface area contributed by atoms with Crippen LogP contribution < -0.4 is 27.8 Å². The number of nitrogens with one attached hydrogen (secondary N) is 2. The number of carbonyl (C=O) groups is 3. The number of nitrogens with two attached hydrogens (primary N) is 3.